The number of rotatable bonds is 3. The van der Waals surface area contributed by atoms with Crippen LogP contribution in [0.1, 0.15) is 4.88 Å². The van der Waals surface area contributed by atoms with Crippen molar-refractivity contribution < 1.29 is 4.39 Å². The molecule has 4 N–H and O–H groups in total. The summed E-state index contributed by atoms with van der Waals surface area (Å²) in [6.07, 6.45) is 0. The smallest absolute Gasteiger partial charge is 0.240 e. The van der Waals surface area contributed by atoms with Gasteiger partial charge in [0.15, 0.2) is 0 Å². The van der Waals surface area contributed by atoms with Crippen molar-refractivity contribution in [1.82, 2.24) is 9.97 Å². The monoisotopic (exact) mass is 323 g/mol. The lowest BCUT2D eigenvalue weighted by atomic mass is 10.3. The Hall–Kier alpha value is -1.96. The molecule has 108 valence electrons. The van der Waals surface area contributed by atoms with E-state index in [4.69, 9.17) is 17.4 Å². The van der Waals surface area contributed by atoms with Crippen molar-refractivity contribution in [3.63, 3.8) is 0 Å². The highest BCUT2D eigenvalue weighted by molar-refractivity contribution is 7.18. The normalized spacial score (nSPS) is 10.9. The molecule has 0 saturated carbocycles. The van der Waals surface area contributed by atoms with Crippen LogP contribution in [0.5, 0.6) is 0 Å². The third-order valence-corrected chi connectivity index (χ3v) is 4.10. The summed E-state index contributed by atoms with van der Waals surface area (Å²) >= 11 is 7.59. The molecule has 0 atom stereocenters. The van der Waals surface area contributed by atoms with Crippen LogP contribution in [0.3, 0.4) is 0 Å². The Labute approximate surface area is 128 Å². The Morgan fingerprint density at radius 3 is 2.86 bits per heavy atom. The van der Waals surface area contributed by atoms with Crippen LogP contribution in [0.2, 0.25) is 5.02 Å². The maximum atomic E-state index is 13.4. The largest absolute Gasteiger partial charge is 0.338 e. The van der Waals surface area contributed by atoms with Gasteiger partial charge in [0.25, 0.3) is 0 Å². The predicted molar refractivity (Wildman–Crippen MR) is 84.7 cm³/mol. The van der Waals surface area contributed by atoms with Gasteiger partial charge in [0.1, 0.15) is 16.5 Å². The predicted octanol–water partition coefficient (Wildman–Crippen LogP) is 3.82. The van der Waals surface area contributed by atoms with Crippen molar-refractivity contribution >= 4 is 50.6 Å². The first-order valence-corrected chi connectivity index (χ1v) is 7.23. The number of nitrogens with two attached hydrogens (primary N) is 1. The minimum absolute atomic E-state index is 0.277. The maximum Gasteiger partial charge on any atom is 0.240 e. The molecule has 8 heteroatoms. The van der Waals surface area contributed by atoms with Crippen LogP contribution in [-0.2, 0) is 0 Å². The van der Waals surface area contributed by atoms with Gasteiger partial charge in [0.05, 0.1) is 16.1 Å². The second-order valence-electron chi connectivity index (χ2n) is 4.37. The Bertz CT molecular complexity index is 820. The Morgan fingerprint density at radius 1 is 1.29 bits per heavy atom. The second-order valence-corrected chi connectivity index (χ2v) is 6.01. The van der Waals surface area contributed by atoms with Crippen LogP contribution in [0.4, 0.5) is 21.8 Å². The van der Waals surface area contributed by atoms with E-state index in [0.29, 0.717) is 16.5 Å². The summed E-state index contributed by atoms with van der Waals surface area (Å²) in [6.45, 7) is 1.97. The number of hydrogen-bond donors (Lipinski definition) is 3. The van der Waals surface area contributed by atoms with E-state index in [-0.39, 0.29) is 11.8 Å². The molecule has 0 saturated heterocycles. The fraction of sp³-hybridized carbons (Fsp3) is 0.0769. The van der Waals surface area contributed by atoms with Crippen LogP contribution >= 0.6 is 22.9 Å². The summed E-state index contributed by atoms with van der Waals surface area (Å²) in [5.74, 6) is 5.79. The van der Waals surface area contributed by atoms with Crippen molar-refractivity contribution in [2.45, 2.75) is 6.92 Å². The van der Waals surface area contributed by atoms with E-state index in [0.717, 1.165) is 15.1 Å². The summed E-state index contributed by atoms with van der Waals surface area (Å²) in [5, 5.41) is 4.26. The summed E-state index contributed by atoms with van der Waals surface area (Å²) in [5.41, 5.74) is 2.85. The zero-order chi connectivity index (χ0) is 15.0. The van der Waals surface area contributed by atoms with Crippen LogP contribution < -0.4 is 16.6 Å². The summed E-state index contributed by atoms with van der Waals surface area (Å²) in [4.78, 5) is 10.4. The molecule has 5 nitrogen and oxygen atoms in total. The molecule has 3 aromatic rings. The average molecular weight is 324 g/mol. The van der Waals surface area contributed by atoms with Crippen LogP contribution in [0.25, 0.3) is 10.2 Å². The van der Waals surface area contributed by atoms with Gasteiger partial charge in [-0.05, 0) is 31.2 Å². The number of nitrogens with one attached hydrogen (secondary N) is 2. The van der Waals surface area contributed by atoms with Gasteiger partial charge in [-0.1, -0.05) is 11.6 Å². The summed E-state index contributed by atoms with van der Waals surface area (Å²) < 4.78 is 13.4. The van der Waals surface area contributed by atoms with E-state index >= 15 is 0 Å². The Balaban J connectivity index is 2.12. The Kier molecular flexibility index (Phi) is 3.62. The van der Waals surface area contributed by atoms with Crippen LogP contribution in [0.15, 0.2) is 24.3 Å². The average Bonchev–Trinajstić information content (AvgIpc) is 2.83. The van der Waals surface area contributed by atoms with Crippen molar-refractivity contribution in [3.8, 4) is 0 Å². The Morgan fingerprint density at radius 2 is 2.10 bits per heavy atom. The third-order valence-electron chi connectivity index (χ3n) is 2.83. The molecule has 0 aliphatic rings. The standard InChI is InChI=1S/C13H11ClFN5S/c1-6-4-8-11(18-13(20-16)19-12(8)21-6)17-10-5-7(15)2-3-9(10)14/h2-5H,16H2,1H3,(H2,17,18,19,20). The van der Waals surface area contributed by atoms with Gasteiger partial charge >= 0.3 is 0 Å². The van der Waals surface area contributed by atoms with Gasteiger partial charge in [0.2, 0.25) is 5.95 Å². The first kappa shape index (κ1) is 14.0. The minimum atomic E-state index is -0.383. The molecular formula is C13H11ClFN5S. The summed E-state index contributed by atoms with van der Waals surface area (Å²) in [6, 6.07) is 6.05. The number of anilines is 3. The minimum Gasteiger partial charge on any atom is -0.338 e. The number of aryl methyl sites for hydroxylation is 1. The number of halogens is 2. The van der Waals surface area contributed by atoms with E-state index in [2.05, 4.69) is 20.7 Å². The van der Waals surface area contributed by atoms with Crippen molar-refractivity contribution in [2.75, 3.05) is 10.7 Å². The lowest BCUT2D eigenvalue weighted by Gasteiger charge is -2.10. The number of aromatic nitrogens is 2. The van der Waals surface area contributed by atoms with E-state index in [1.54, 1.807) is 0 Å². The van der Waals surface area contributed by atoms with Crippen LogP contribution in [0, 0.1) is 12.7 Å². The number of nitrogens with zero attached hydrogens (tertiary/aromatic N) is 2. The van der Waals surface area contributed by atoms with E-state index in [9.17, 15) is 4.39 Å². The van der Waals surface area contributed by atoms with Gasteiger partial charge in [-0.2, -0.15) is 4.98 Å². The SMILES string of the molecule is Cc1cc2c(Nc3cc(F)ccc3Cl)nc(NN)nc2s1. The highest BCUT2D eigenvalue weighted by Gasteiger charge is 2.12. The molecule has 0 fully saturated rings. The highest BCUT2D eigenvalue weighted by atomic mass is 35.5. The molecule has 21 heavy (non-hydrogen) atoms. The van der Waals surface area contributed by atoms with Gasteiger partial charge in [-0.25, -0.2) is 15.2 Å². The zero-order valence-electron chi connectivity index (χ0n) is 10.9. The first-order chi connectivity index (χ1) is 10.1. The number of nitrogen functional groups attached to an aromatic ring is 1. The van der Waals surface area contributed by atoms with Crippen molar-refractivity contribution in [3.05, 3.63) is 40.0 Å². The number of benzene rings is 1. The molecule has 2 aromatic heterocycles. The lowest BCUT2D eigenvalue weighted by Crippen LogP contribution is -2.11. The maximum absolute atomic E-state index is 13.4. The number of thiophene rings is 1. The lowest BCUT2D eigenvalue weighted by molar-refractivity contribution is 0.628. The van der Waals surface area contributed by atoms with Gasteiger partial charge in [0, 0.05) is 4.88 Å². The van der Waals surface area contributed by atoms with E-state index < -0.39 is 0 Å². The molecule has 2 heterocycles. The topological polar surface area (TPSA) is 75.9 Å². The number of hydrazine groups is 1. The second kappa shape index (κ2) is 5.44. The molecule has 0 unspecified atom stereocenters. The molecule has 1 aromatic carbocycles. The van der Waals surface area contributed by atoms with E-state index in [1.807, 2.05) is 13.0 Å². The van der Waals surface area contributed by atoms with Gasteiger partial charge in [-0.3, -0.25) is 5.43 Å². The molecule has 3 rings (SSSR count). The van der Waals surface area contributed by atoms with Gasteiger partial charge in [-0.15, -0.1) is 11.3 Å². The fourth-order valence-electron chi connectivity index (χ4n) is 1.92. The van der Waals surface area contributed by atoms with Crippen molar-refractivity contribution in [1.29, 1.82) is 0 Å². The number of hydrogen-bond acceptors (Lipinski definition) is 6. The number of fused-ring (bicyclic) bond motifs is 1. The first-order valence-electron chi connectivity index (χ1n) is 6.03. The zero-order valence-corrected chi connectivity index (χ0v) is 12.5. The highest BCUT2D eigenvalue weighted by Crippen LogP contribution is 2.33. The molecular weight excluding hydrogens is 313 g/mol. The molecule has 0 aliphatic heterocycles. The molecule has 0 radical (unpaired) electrons. The molecule has 0 bridgehead atoms. The quantitative estimate of drug-likeness (QED) is 0.504. The third kappa shape index (κ3) is 2.76. The molecule has 0 amide bonds. The van der Waals surface area contributed by atoms with Crippen LogP contribution in [-0.4, -0.2) is 9.97 Å². The molecule has 0 aliphatic carbocycles. The van der Waals surface area contributed by atoms with Crippen molar-refractivity contribution in [2.24, 2.45) is 5.84 Å². The summed E-state index contributed by atoms with van der Waals surface area (Å²) in [7, 11) is 0. The van der Waals surface area contributed by atoms with Gasteiger partial charge < -0.3 is 5.32 Å². The fourth-order valence-corrected chi connectivity index (χ4v) is 2.97. The molecule has 0 spiro atoms. The van der Waals surface area contributed by atoms with E-state index in [1.165, 1.54) is 29.5 Å².